The van der Waals surface area contributed by atoms with Crippen molar-refractivity contribution >= 4 is 6.03 Å². The average molecular weight is 394 g/mol. The van der Waals surface area contributed by atoms with Crippen molar-refractivity contribution in [2.75, 3.05) is 13.2 Å². The van der Waals surface area contributed by atoms with E-state index in [1.165, 1.54) is 12.1 Å². The predicted octanol–water partition coefficient (Wildman–Crippen LogP) is 3.36. The maximum Gasteiger partial charge on any atom is 0.315 e. The van der Waals surface area contributed by atoms with Gasteiger partial charge in [0.25, 0.3) is 0 Å². The highest BCUT2D eigenvalue weighted by Gasteiger charge is 2.29. The van der Waals surface area contributed by atoms with E-state index >= 15 is 0 Å². The van der Waals surface area contributed by atoms with Gasteiger partial charge in [0.15, 0.2) is 0 Å². The molecule has 1 aliphatic heterocycles. The van der Waals surface area contributed by atoms with Crippen molar-refractivity contribution in [3.8, 4) is 0 Å². The maximum atomic E-state index is 13.7. The van der Waals surface area contributed by atoms with Gasteiger partial charge >= 0.3 is 6.03 Å². The molecule has 28 heavy (non-hydrogen) atoms. The fourth-order valence-corrected chi connectivity index (χ4v) is 3.19. The van der Waals surface area contributed by atoms with Gasteiger partial charge in [-0.2, -0.15) is 0 Å². The van der Waals surface area contributed by atoms with E-state index in [1.54, 1.807) is 12.1 Å². The van der Waals surface area contributed by atoms with Crippen LogP contribution in [0.3, 0.4) is 0 Å². The summed E-state index contributed by atoms with van der Waals surface area (Å²) in [6.07, 6.45) is 0.00832. The van der Waals surface area contributed by atoms with Crippen molar-refractivity contribution in [2.45, 2.75) is 31.1 Å². The lowest BCUT2D eigenvalue weighted by molar-refractivity contribution is 0.0803. The molecule has 1 heterocycles. The van der Waals surface area contributed by atoms with E-state index in [0.717, 1.165) is 25.0 Å². The molecule has 0 aliphatic carbocycles. The van der Waals surface area contributed by atoms with E-state index in [-0.39, 0.29) is 24.0 Å². The summed E-state index contributed by atoms with van der Waals surface area (Å²) >= 11 is 0. The Morgan fingerprint density at radius 1 is 1.14 bits per heavy atom. The van der Waals surface area contributed by atoms with Crippen molar-refractivity contribution in [1.82, 2.24) is 10.6 Å². The summed E-state index contributed by atoms with van der Waals surface area (Å²) < 4.78 is 45.5. The van der Waals surface area contributed by atoms with Crippen LogP contribution in [-0.2, 0) is 4.74 Å². The summed E-state index contributed by atoms with van der Waals surface area (Å²) in [6.45, 7) is 0.310. The van der Waals surface area contributed by atoms with E-state index in [0.29, 0.717) is 18.2 Å². The number of carbonyl (C=O) groups is 1. The Labute approximate surface area is 160 Å². The molecule has 0 spiro atoms. The Kier molecular flexibility index (Phi) is 6.53. The number of rotatable bonds is 6. The third-order valence-electron chi connectivity index (χ3n) is 4.63. The number of benzene rings is 2. The molecule has 2 aromatic rings. The van der Waals surface area contributed by atoms with Crippen LogP contribution in [0, 0.1) is 17.5 Å². The lowest BCUT2D eigenvalue weighted by atomic mass is 9.99. The molecule has 1 saturated heterocycles. The zero-order valence-electron chi connectivity index (χ0n) is 15.0. The molecule has 2 amide bonds. The highest BCUT2D eigenvalue weighted by Crippen LogP contribution is 2.27. The van der Waals surface area contributed by atoms with Crippen molar-refractivity contribution in [3.63, 3.8) is 0 Å². The first-order valence-electron chi connectivity index (χ1n) is 8.98. The number of nitrogens with one attached hydrogen (secondary N) is 2. The number of carbonyl (C=O) groups excluding carboxylic acids is 1. The van der Waals surface area contributed by atoms with Gasteiger partial charge in [0.1, 0.15) is 17.5 Å². The Bertz CT molecular complexity index is 811. The van der Waals surface area contributed by atoms with Crippen LogP contribution in [0.4, 0.5) is 18.0 Å². The second-order valence-corrected chi connectivity index (χ2v) is 6.62. The van der Waals surface area contributed by atoms with Gasteiger partial charge in [-0.15, -0.1) is 0 Å². The van der Waals surface area contributed by atoms with Crippen LogP contribution in [0.5, 0.6) is 0 Å². The Morgan fingerprint density at radius 2 is 1.86 bits per heavy atom. The molecule has 1 aliphatic rings. The lowest BCUT2D eigenvalue weighted by Crippen LogP contribution is -2.43. The number of hydrogen-bond donors (Lipinski definition) is 3. The first kappa shape index (κ1) is 20.2. The van der Waals surface area contributed by atoms with Crippen LogP contribution in [0.2, 0.25) is 0 Å². The van der Waals surface area contributed by atoms with Crippen LogP contribution >= 0.6 is 0 Å². The average Bonchev–Trinajstić information content (AvgIpc) is 3.19. The van der Waals surface area contributed by atoms with Gasteiger partial charge in [0.2, 0.25) is 0 Å². The van der Waals surface area contributed by atoms with E-state index in [9.17, 15) is 23.1 Å². The zero-order chi connectivity index (χ0) is 20.1. The van der Waals surface area contributed by atoms with Gasteiger partial charge in [-0.25, -0.2) is 18.0 Å². The number of amides is 2. The summed E-state index contributed by atoms with van der Waals surface area (Å²) in [5.41, 5.74) is 0.574. The SMILES string of the molecule is O=C(NCC(O)c1ccc(F)cc1F)NC(c1ccc(F)cc1)C1CCCO1. The van der Waals surface area contributed by atoms with Crippen molar-refractivity contribution in [2.24, 2.45) is 0 Å². The molecule has 0 radical (unpaired) electrons. The molecule has 8 heteroatoms. The number of ether oxygens (including phenoxy) is 1. The lowest BCUT2D eigenvalue weighted by Gasteiger charge is -2.25. The minimum Gasteiger partial charge on any atom is -0.386 e. The fourth-order valence-electron chi connectivity index (χ4n) is 3.19. The first-order valence-corrected chi connectivity index (χ1v) is 8.98. The van der Waals surface area contributed by atoms with Gasteiger partial charge in [-0.3, -0.25) is 0 Å². The monoisotopic (exact) mass is 394 g/mol. The summed E-state index contributed by atoms with van der Waals surface area (Å²) in [4.78, 5) is 12.3. The van der Waals surface area contributed by atoms with E-state index < -0.39 is 29.8 Å². The number of halogens is 3. The highest BCUT2D eigenvalue weighted by molar-refractivity contribution is 5.74. The predicted molar refractivity (Wildman–Crippen MR) is 96.0 cm³/mol. The molecule has 0 aromatic heterocycles. The van der Waals surface area contributed by atoms with Crippen LogP contribution in [0.15, 0.2) is 42.5 Å². The van der Waals surface area contributed by atoms with E-state index in [2.05, 4.69) is 10.6 Å². The number of aliphatic hydroxyl groups excluding tert-OH is 1. The number of urea groups is 1. The second kappa shape index (κ2) is 9.07. The van der Waals surface area contributed by atoms with E-state index in [1.807, 2.05) is 0 Å². The first-order chi connectivity index (χ1) is 13.4. The molecule has 3 unspecified atom stereocenters. The van der Waals surface area contributed by atoms with Crippen LogP contribution in [0.25, 0.3) is 0 Å². The molecular formula is C20H21F3N2O3. The normalized spacial score (nSPS) is 18.5. The largest absolute Gasteiger partial charge is 0.386 e. The molecule has 3 atom stereocenters. The topological polar surface area (TPSA) is 70.6 Å². The molecule has 3 rings (SSSR count). The third kappa shape index (κ3) is 5.02. The van der Waals surface area contributed by atoms with Crippen LogP contribution < -0.4 is 10.6 Å². The van der Waals surface area contributed by atoms with Gasteiger partial charge in [-0.05, 0) is 36.6 Å². The molecular weight excluding hydrogens is 373 g/mol. The highest BCUT2D eigenvalue weighted by atomic mass is 19.1. The smallest absolute Gasteiger partial charge is 0.315 e. The van der Waals surface area contributed by atoms with Crippen LogP contribution in [-0.4, -0.2) is 30.4 Å². The van der Waals surface area contributed by atoms with Crippen molar-refractivity contribution in [3.05, 3.63) is 71.0 Å². The Hall–Kier alpha value is -2.58. The van der Waals surface area contributed by atoms with Gasteiger partial charge < -0.3 is 20.5 Å². The summed E-state index contributed by atoms with van der Waals surface area (Å²) in [5, 5.41) is 15.3. The number of aliphatic hydroxyl groups is 1. The van der Waals surface area contributed by atoms with E-state index in [4.69, 9.17) is 4.74 Å². The Balaban J connectivity index is 1.62. The molecule has 2 aromatic carbocycles. The van der Waals surface area contributed by atoms with Gasteiger partial charge in [0.05, 0.1) is 18.2 Å². The minimum atomic E-state index is -1.33. The summed E-state index contributed by atoms with van der Waals surface area (Å²) in [7, 11) is 0. The van der Waals surface area contributed by atoms with Crippen molar-refractivity contribution in [1.29, 1.82) is 0 Å². The zero-order valence-corrected chi connectivity index (χ0v) is 15.0. The molecule has 1 fully saturated rings. The molecule has 0 bridgehead atoms. The summed E-state index contributed by atoms with van der Waals surface area (Å²) in [6, 6.07) is 7.49. The van der Waals surface area contributed by atoms with Crippen molar-refractivity contribution < 1.29 is 27.8 Å². The van der Waals surface area contributed by atoms with Gasteiger partial charge in [-0.1, -0.05) is 18.2 Å². The van der Waals surface area contributed by atoms with Crippen LogP contribution in [0.1, 0.15) is 36.1 Å². The standard InChI is InChI=1S/C20H21F3N2O3/c21-13-5-3-12(4-6-13)19(18-2-1-9-28-18)25-20(27)24-11-17(26)15-8-7-14(22)10-16(15)23/h3-8,10,17-19,26H,1-2,9,11H2,(H2,24,25,27). The minimum absolute atomic E-state index is 0.115. The second-order valence-electron chi connectivity index (χ2n) is 6.62. The molecule has 3 N–H and O–H groups in total. The third-order valence-corrected chi connectivity index (χ3v) is 4.63. The molecule has 5 nitrogen and oxygen atoms in total. The quantitative estimate of drug-likeness (QED) is 0.704. The molecule has 0 saturated carbocycles. The number of hydrogen-bond acceptors (Lipinski definition) is 3. The molecule has 150 valence electrons. The van der Waals surface area contributed by atoms with Gasteiger partial charge in [0, 0.05) is 24.8 Å². The fraction of sp³-hybridized carbons (Fsp3) is 0.350. The summed E-state index contributed by atoms with van der Waals surface area (Å²) in [5.74, 6) is -2.03. The maximum absolute atomic E-state index is 13.7. The Morgan fingerprint density at radius 3 is 2.50 bits per heavy atom.